The van der Waals surface area contributed by atoms with Crippen molar-refractivity contribution in [2.75, 3.05) is 5.32 Å². The molecule has 7 nitrogen and oxygen atoms in total. The van der Waals surface area contributed by atoms with E-state index in [-0.39, 0.29) is 20.6 Å². The summed E-state index contributed by atoms with van der Waals surface area (Å²) < 4.78 is 29.4. The van der Waals surface area contributed by atoms with Crippen molar-refractivity contribution in [2.45, 2.75) is 4.90 Å². The molecule has 0 fully saturated rings. The van der Waals surface area contributed by atoms with Crippen LogP contribution in [0.1, 0.15) is 5.56 Å². The lowest BCUT2D eigenvalue weighted by Crippen LogP contribution is -2.34. The SMILES string of the molecule is N#Cc1c(Cl)nsc1NC(=O)NS(=O)(=O)c1ccccc1. The monoisotopic (exact) mass is 342 g/mol. The van der Waals surface area contributed by atoms with Gasteiger partial charge in [0.25, 0.3) is 10.0 Å². The van der Waals surface area contributed by atoms with E-state index in [0.717, 1.165) is 11.5 Å². The van der Waals surface area contributed by atoms with E-state index in [9.17, 15) is 13.2 Å². The van der Waals surface area contributed by atoms with Crippen LogP contribution in [0.25, 0.3) is 0 Å². The lowest BCUT2D eigenvalue weighted by molar-refractivity contribution is 0.256. The molecule has 2 amide bonds. The van der Waals surface area contributed by atoms with Crippen LogP contribution < -0.4 is 10.0 Å². The van der Waals surface area contributed by atoms with Crippen molar-refractivity contribution in [3.63, 3.8) is 0 Å². The molecule has 1 aromatic carbocycles. The normalized spacial score (nSPS) is 10.7. The zero-order valence-corrected chi connectivity index (χ0v) is 12.6. The van der Waals surface area contributed by atoms with Crippen LogP contribution in [0.5, 0.6) is 0 Å². The largest absolute Gasteiger partial charge is 0.333 e. The number of rotatable bonds is 3. The van der Waals surface area contributed by atoms with Gasteiger partial charge in [0.1, 0.15) is 16.6 Å². The minimum atomic E-state index is -3.99. The molecule has 0 radical (unpaired) electrons. The van der Waals surface area contributed by atoms with E-state index in [2.05, 4.69) is 9.69 Å². The predicted molar refractivity (Wildman–Crippen MR) is 77.6 cm³/mol. The highest BCUT2D eigenvalue weighted by Crippen LogP contribution is 2.27. The average molecular weight is 343 g/mol. The highest BCUT2D eigenvalue weighted by Gasteiger charge is 2.19. The Hall–Kier alpha value is -2.15. The Labute approximate surface area is 129 Å². The second-order valence-corrected chi connectivity index (χ2v) is 6.48. The Kier molecular flexibility index (Phi) is 4.42. The maximum atomic E-state index is 11.9. The third-order valence-corrected chi connectivity index (χ3v) is 4.75. The molecule has 0 saturated heterocycles. The molecule has 21 heavy (non-hydrogen) atoms. The van der Waals surface area contributed by atoms with E-state index in [1.165, 1.54) is 24.3 Å². The molecule has 1 heterocycles. The Bertz CT molecular complexity index is 812. The van der Waals surface area contributed by atoms with E-state index >= 15 is 0 Å². The number of anilines is 1. The molecular weight excluding hydrogens is 336 g/mol. The average Bonchev–Trinajstić information content (AvgIpc) is 2.79. The predicted octanol–water partition coefficient (Wildman–Crippen LogP) is 2.18. The van der Waals surface area contributed by atoms with E-state index in [0.29, 0.717) is 0 Å². The maximum absolute atomic E-state index is 11.9. The summed E-state index contributed by atoms with van der Waals surface area (Å²) >= 11 is 6.42. The van der Waals surface area contributed by atoms with Crippen LogP contribution in [-0.2, 0) is 10.0 Å². The first-order chi connectivity index (χ1) is 9.94. The fourth-order valence-corrected chi connectivity index (χ4v) is 3.22. The first kappa shape index (κ1) is 15.2. The third-order valence-electron chi connectivity index (χ3n) is 2.27. The molecule has 2 rings (SSSR count). The Morgan fingerprint density at radius 2 is 2.00 bits per heavy atom. The summed E-state index contributed by atoms with van der Waals surface area (Å²) in [6.45, 7) is 0. The zero-order chi connectivity index (χ0) is 15.5. The van der Waals surface area contributed by atoms with E-state index < -0.39 is 16.1 Å². The second kappa shape index (κ2) is 6.09. The molecule has 0 aliphatic carbocycles. The van der Waals surface area contributed by atoms with Gasteiger partial charge >= 0.3 is 6.03 Å². The van der Waals surface area contributed by atoms with Gasteiger partial charge in [-0.25, -0.2) is 17.9 Å². The molecule has 0 aliphatic rings. The molecule has 0 spiro atoms. The standard InChI is InChI=1S/C11H7ClN4O3S2/c12-9-8(6-13)10(20-15-9)14-11(17)16-21(18,19)7-4-2-1-3-5-7/h1-5H,(H2,14,16,17). The lowest BCUT2D eigenvalue weighted by Gasteiger charge is -2.07. The zero-order valence-electron chi connectivity index (χ0n) is 10.2. The number of amides is 2. The van der Waals surface area contributed by atoms with Crippen molar-refractivity contribution in [3.8, 4) is 6.07 Å². The van der Waals surface area contributed by atoms with Crippen LogP contribution >= 0.6 is 23.1 Å². The molecule has 2 aromatic rings. The van der Waals surface area contributed by atoms with Crippen LogP contribution in [0.2, 0.25) is 5.15 Å². The number of carbonyl (C=O) groups excluding carboxylic acids is 1. The molecule has 1 aromatic heterocycles. The Balaban J connectivity index is 2.14. The van der Waals surface area contributed by atoms with Gasteiger partial charge in [-0.05, 0) is 23.7 Å². The summed E-state index contributed by atoms with van der Waals surface area (Å²) in [5.74, 6) is 0. The first-order valence-corrected chi connectivity index (χ1v) is 8.01. The highest BCUT2D eigenvalue weighted by atomic mass is 35.5. The van der Waals surface area contributed by atoms with Gasteiger partial charge in [-0.3, -0.25) is 5.32 Å². The van der Waals surface area contributed by atoms with Crippen LogP contribution in [0.3, 0.4) is 0 Å². The van der Waals surface area contributed by atoms with Crippen LogP contribution in [-0.4, -0.2) is 18.8 Å². The Morgan fingerprint density at radius 3 is 2.62 bits per heavy atom. The van der Waals surface area contributed by atoms with Crippen molar-refractivity contribution in [1.29, 1.82) is 5.26 Å². The van der Waals surface area contributed by atoms with Crippen molar-refractivity contribution in [3.05, 3.63) is 41.0 Å². The minimum absolute atomic E-state index is 0.0195. The number of urea groups is 1. The van der Waals surface area contributed by atoms with Crippen molar-refractivity contribution in [1.82, 2.24) is 9.10 Å². The van der Waals surface area contributed by atoms with Gasteiger partial charge < -0.3 is 0 Å². The number of nitriles is 1. The van der Waals surface area contributed by atoms with Gasteiger partial charge in [-0.1, -0.05) is 29.8 Å². The van der Waals surface area contributed by atoms with Crippen LogP contribution in [0.15, 0.2) is 35.2 Å². The van der Waals surface area contributed by atoms with E-state index in [1.54, 1.807) is 12.1 Å². The van der Waals surface area contributed by atoms with Gasteiger partial charge in [0.15, 0.2) is 5.15 Å². The fraction of sp³-hybridized carbons (Fsp3) is 0. The topological polar surface area (TPSA) is 112 Å². The van der Waals surface area contributed by atoms with Gasteiger partial charge in [-0.2, -0.15) is 9.64 Å². The Morgan fingerprint density at radius 1 is 1.33 bits per heavy atom. The van der Waals surface area contributed by atoms with Gasteiger partial charge in [0.05, 0.1) is 4.90 Å². The molecule has 0 saturated carbocycles. The molecule has 2 N–H and O–H groups in total. The van der Waals surface area contributed by atoms with E-state index in [4.69, 9.17) is 16.9 Å². The van der Waals surface area contributed by atoms with Crippen LogP contribution in [0, 0.1) is 11.3 Å². The van der Waals surface area contributed by atoms with Gasteiger partial charge in [0.2, 0.25) is 0 Å². The smallest absolute Gasteiger partial charge is 0.296 e. The minimum Gasteiger partial charge on any atom is -0.296 e. The van der Waals surface area contributed by atoms with E-state index in [1.807, 2.05) is 4.72 Å². The van der Waals surface area contributed by atoms with Crippen molar-refractivity contribution in [2.24, 2.45) is 0 Å². The summed E-state index contributed by atoms with van der Waals surface area (Å²) in [5.41, 5.74) is -0.0195. The number of hydrogen-bond donors (Lipinski definition) is 2. The van der Waals surface area contributed by atoms with Crippen molar-refractivity contribution < 1.29 is 13.2 Å². The molecule has 0 bridgehead atoms. The quantitative estimate of drug-likeness (QED) is 0.887. The summed E-state index contributed by atoms with van der Waals surface area (Å²) in [5, 5.41) is 11.1. The lowest BCUT2D eigenvalue weighted by atomic mass is 10.4. The number of sulfonamides is 1. The third kappa shape index (κ3) is 3.49. The summed E-state index contributed by atoms with van der Waals surface area (Å²) in [7, 11) is -3.99. The molecule has 0 unspecified atom stereocenters. The van der Waals surface area contributed by atoms with Gasteiger partial charge in [-0.15, -0.1) is 0 Å². The maximum Gasteiger partial charge on any atom is 0.333 e. The molecule has 108 valence electrons. The number of halogens is 1. The first-order valence-electron chi connectivity index (χ1n) is 5.38. The fourth-order valence-electron chi connectivity index (χ4n) is 1.36. The molecule has 0 atom stereocenters. The highest BCUT2D eigenvalue weighted by molar-refractivity contribution is 7.90. The summed E-state index contributed by atoms with van der Waals surface area (Å²) in [6.07, 6.45) is 0. The van der Waals surface area contributed by atoms with Gasteiger partial charge in [0, 0.05) is 0 Å². The van der Waals surface area contributed by atoms with Crippen molar-refractivity contribution >= 4 is 44.2 Å². The number of hydrogen-bond acceptors (Lipinski definition) is 6. The molecule has 0 aliphatic heterocycles. The molecule has 10 heteroatoms. The molecular formula is C11H7ClN4O3S2. The number of carbonyl (C=O) groups is 1. The number of nitrogens with zero attached hydrogens (tertiary/aromatic N) is 2. The number of benzene rings is 1. The summed E-state index contributed by atoms with van der Waals surface area (Å²) in [4.78, 5) is 11.7. The second-order valence-electron chi connectivity index (χ2n) is 3.66. The van der Waals surface area contributed by atoms with Crippen LogP contribution in [0.4, 0.5) is 9.80 Å². The number of aromatic nitrogens is 1. The summed E-state index contributed by atoms with van der Waals surface area (Å²) in [6, 6.07) is 8.17. The number of nitrogens with one attached hydrogen (secondary N) is 2.